The maximum absolute atomic E-state index is 12.5. The summed E-state index contributed by atoms with van der Waals surface area (Å²) < 4.78 is 0. The molecule has 0 radical (unpaired) electrons. The predicted molar refractivity (Wildman–Crippen MR) is 281 cm³/mol. The summed E-state index contributed by atoms with van der Waals surface area (Å²) in [6.45, 7) is 4.35. The molecule has 0 aliphatic rings. The fraction of sp³-hybridized carbons (Fsp3) is 0.915. The summed E-state index contributed by atoms with van der Waals surface area (Å²) in [5.74, 6) is -0.0597. The summed E-state index contributed by atoms with van der Waals surface area (Å²) in [6, 6.07) is -0.622. The topological polar surface area (TPSA) is 69.6 Å². The maximum Gasteiger partial charge on any atom is 0.220 e. The predicted octanol–water partition coefficient (Wildman–Crippen LogP) is 19.1. The number of aliphatic hydroxyl groups excluding tert-OH is 2. The van der Waals surface area contributed by atoms with E-state index in [1.165, 1.54) is 283 Å². The molecule has 0 aliphatic heterocycles. The van der Waals surface area contributed by atoms with Crippen molar-refractivity contribution in [2.24, 2.45) is 0 Å². The number of unbranched alkanes of at least 4 members (excludes halogenated alkanes) is 45. The molecular formula is C59H115NO3. The zero-order chi connectivity index (χ0) is 45.6. The van der Waals surface area contributed by atoms with Crippen molar-refractivity contribution in [3.63, 3.8) is 0 Å². The largest absolute Gasteiger partial charge is 0.394 e. The van der Waals surface area contributed by atoms with Crippen LogP contribution in [-0.2, 0) is 4.79 Å². The van der Waals surface area contributed by atoms with Gasteiger partial charge in [-0.05, 0) is 44.9 Å². The average molecular weight is 887 g/mol. The van der Waals surface area contributed by atoms with Crippen LogP contribution in [0, 0.1) is 0 Å². The third-order valence-electron chi connectivity index (χ3n) is 13.7. The molecule has 0 aromatic carbocycles. The molecule has 0 bridgehead atoms. The Morgan fingerprint density at radius 2 is 0.603 bits per heavy atom. The molecular weight excluding hydrogens is 771 g/mol. The first-order valence-corrected chi connectivity index (χ1v) is 29.1. The van der Waals surface area contributed by atoms with E-state index in [4.69, 9.17) is 0 Å². The van der Waals surface area contributed by atoms with Gasteiger partial charge in [-0.25, -0.2) is 0 Å². The van der Waals surface area contributed by atoms with Crippen LogP contribution in [0.1, 0.15) is 328 Å². The van der Waals surface area contributed by atoms with Gasteiger partial charge in [0.1, 0.15) is 0 Å². The van der Waals surface area contributed by atoms with Crippen LogP contribution < -0.4 is 5.32 Å². The van der Waals surface area contributed by atoms with Crippen molar-refractivity contribution in [3.8, 4) is 0 Å². The molecule has 374 valence electrons. The number of rotatable bonds is 54. The number of hydrogen-bond acceptors (Lipinski definition) is 3. The lowest BCUT2D eigenvalue weighted by molar-refractivity contribution is -0.123. The molecule has 0 aromatic rings. The molecule has 0 rings (SSSR count). The van der Waals surface area contributed by atoms with Gasteiger partial charge in [-0.2, -0.15) is 0 Å². The van der Waals surface area contributed by atoms with Crippen LogP contribution in [0.5, 0.6) is 0 Å². The lowest BCUT2D eigenvalue weighted by Gasteiger charge is -2.20. The molecule has 63 heavy (non-hydrogen) atoms. The van der Waals surface area contributed by atoms with E-state index >= 15 is 0 Å². The minimum Gasteiger partial charge on any atom is -0.394 e. The monoisotopic (exact) mass is 886 g/mol. The van der Waals surface area contributed by atoms with E-state index in [1.807, 2.05) is 6.08 Å². The summed E-state index contributed by atoms with van der Waals surface area (Å²) in [4.78, 5) is 12.5. The summed E-state index contributed by atoms with van der Waals surface area (Å²) in [6.07, 6.45) is 73.5. The second-order valence-corrected chi connectivity index (χ2v) is 20.1. The van der Waals surface area contributed by atoms with Crippen LogP contribution in [0.2, 0.25) is 0 Å². The van der Waals surface area contributed by atoms with E-state index in [0.29, 0.717) is 6.42 Å². The Labute approximate surface area is 396 Å². The zero-order valence-corrected chi connectivity index (χ0v) is 43.1. The van der Waals surface area contributed by atoms with Gasteiger partial charge in [-0.15, -0.1) is 0 Å². The highest BCUT2D eigenvalue weighted by molar-refractivity contribution is 5.76. The van der Waals surface area contributed by atoms with Crippen LogP contribution in [0.4, 0.5) is 0 Å². The third-order valence-corrected chi connectivity index (χ3v) is 13.7. The maximum atomic E-state index is 12.5. The van der Waals surface area contributed by atoms with Crippen molar-refractivity contribution in [1.82, 2.24) is 5.32 Å². The van der Waals surface area contributed by atoms with Crippen LogP contribution >= 0.6 is 0 Å². The molecule has 0 fully saturated rings. The minimum absolute atomic E-state index is 0.0597. The highest BCUT2D eigenvalue weighted by Crippen LogP contribution is 2.18. The van der Waals surface area contributed by atoms with Gasteiger partial charge in [0, 0.05) is 6.42 Å². The van der Waals surface area contributed by atoms with E-state index in [-0.39, 0.29) is 12.5 Å². The molecule has 4 heteroatoms. The highest BCUT2D eigenvalue weighted by atomic mass is 16.3. The number of hydrogen-bond donors (Lipinski definition) is 3. The first kappa shape index (κ1) is 61.9. The van der Waals surface area contributed by atoms with Gasteiger partial charge in [0.2, 0.25) is 5.91 Å². The van der Waals surface area contributed by atoms with E-state index in [9.17, 15) is 15.0 Å². The van der Waals surface area contributed by atoms with Gasteiger partial charge in [-0.3, -0.25) is 4.79 Å². The Kier molecular flexibility index (Phi) is 54.2. The lowest BCUT2D eigenvalue weighted by atomic mass is 10.0. The minimum atomic E-state index is -0.839. The molecule has 0 saturated carbocycles. The van der Waals surface area contributed by atoms with E-state index < -0.39 is 12.1 Å². The van der Waals surface area contributed by atoms with Crippen LogP contribution in [-0.4, -0.2) is 34.9 Å². The number of carbonyl (C=O) groups excluding carboxylic acids is 1. The fourth-order valence-corrected chi connectivity index (χ4v) is 9.24. The first-order chi connectivity index (χ1) is 31.2. The van der Waals surface area contributed by atoms with E-state index in [1.54, 1.807) is 6.08 Å². The number of aliphatic hydroxyl groups is 2. The second kappa shape index (κ2) is 55.2. The molecule has 0 heterocycles. The van der Waals surface area contributed by atoms with Gasteiger partial charge in [0.05, 0.1) is 18.8 Å². The van der Waals surface area contributed by atoms with Crippen LogP contribution in [0.25, 0.3) is 0 Å². The molecule has 0 saturated heterocycles. The van der Waals surface area contributed by atoms with Crippen molar-refractivity contribution < 1.29 is 15.0 Å². The Balaban J connectivity index is 3.47. The SMILES string of the molecule is CCCCCCCCCCCCCC/C=C\CCCCCCCCCCCCC(=O)NC(CO)C(O)/C=C/CCCCCCCCCCCCCCCCCCCCCCCCC. The first-order valence-electron chi connectivity index (χ1n) is 29.1. The molecule has 0 spiro atoms. The molecule has 2 atom stereocenters. The van der Waals surface area contributed by atoms with Crippen LogP contribution in [0.3, 0.4) is 0 Å². The Hall–Kier alpha value is -1.13. The number of amides is 1. The zero-order valence-electron chi connectivity index (χ0n) is 43.1. The third kappa shape index (κ3) is 51.7. The lowest BCUT2D eigenvalue weighted by Crippen LogP contribution is -2.45. The average Bonchev–Trinajstić information content (AvgIpc) is 3.29. The van der Waals surface area contributed by atoms with Crippen molar-refractivity contribution >= 4 is 5.91 Å². The molecule has 1 amide bonds. The van der Waals surface area contributed by atoms with Gasteiger partial charge in [0.25, 0.3) is 0 Å². The molecule has 2 unspecified atom stereocenters. The van der Waals surface area contributed by atoms with Crippen molar-refractivity contribution in [2.45, 2.75) is 341 Å². The van der Waals surface area contributed by atoms with Crippen LogP contribution in [0.15, 0.2) is 24.3 Å². The normalized spacial score (nSPS) is 12.9. The van der Waals surface area contributed by atoms with Gasteiger partial charge in [-0.1, -0.05) is 301 Å². The smallest absolute Gasteiger partial charge is 0.220 e. The summed E-state index contributed by atoms with van der Waals surface area (Å²) >= 11 is 0. The summed E-state index contributed by atoms with van der Waals surface area (Å²) in [5, 5.41) is 23.2. The second-order valence-electron chi connectivity index (χ2n) is 20.1. The number of carbonyl (C=O) groups is 1. The van der Waals surface area contributed by atoms with E-state index in [2.05, 4.69) is 31.3 Å². The highest BCUT2D eigenvalue weighted by Gasteiger charge is 2.18. The van der Waals surface area contributed by atoms with Crippen molar-refractivity contribution in [1.29, 1.82) is 0 Å². The molecule has 3 N–H and O–H groups in total. The quantitative estimate of drug-likeness (QED) is 0.0421. The molecule has 0 aliphatic carbocycles. The standard InChI is InChI=1S/C59H115NO3/c1-3-5-7-9-11-13-15-17-19-21-23-25-27-29-31-33-35-37-39-41-43-45-47-49-51-53-55-59(63)60-57(56-61)58(62)54-52-50-48-46-44-42-40-38-36-34-32-30-28-26-24-22-20-18-16-14-12-10-8-6-4-2/h29,31,52,54,57-58,61-62H,3-28,30,32-51,53,55-56H2,1-2H3,(H,60,63)/b31-29-,54-52+. The number of allylic oxidation sites excluding steroid dienone is 3. The van der Waals surface area contributed by atoms with Gasteiger partial charge >= 0.3 is 0 Å². The van der Waals surface area contributed by atoms with Gasteiger partial charge in [0.15, 0.2) is 0 Å². The Bertz CT molecular complexity index is 916. The van der Waals surface area contributed by atoms with E-state index in [0.717, 1.165) is 25.7 Å². The Morgan fingerprint density at radius 3 is 0.873 bits per heavy atom. The molecule has 4 nitrogen and oxygen atoms in total. The van der Waals surface area contributed by atoms with Crippen molar-refractivity contribution in [2.75, 3.05) is 6.61 Å². The van der Waals surface area contributed by atoms with Gasteiger partial charge < -0.3 is 15.5 Å². The number of nitrogens with one attached hydrogen (secondary N) is 1. The Morgan fingerprint density at radius 1 is 0.365 bits per heavy atom. The van der Waals surface area contributed by atoms with Crippen molar-refractivity contribution in [3.05, 3.63) is 24.3 Å². The molecule has 0 aromatic heterocycles. The fourth-order valence-electron chi connectivity index (χ4n) is 9.24. The summed E-state index contributed by atoms with van der Waals surface area (Å²) in [5.41, 5.74) is 0. The summed E-state index contributed by atoms with van der Waals surface area (Å²) in [7, 11) is 0.